The quantitative estimate of drug-likeness (QED) is 0.536. The Labute approximate surface area is 161 Å². The van der Waals surface area contributed by atoms with E-state index in [2.05, 4.69) is 10.3 Å². The molecule has 144 valence electrons. The molecule has 0 radical (unpaired) electrons. The van der Waals surface area contributed by atoms with Crippen LogP contribution >= 0.6 is 0 Å². The van der Waals surface area contributed by atoms with Crippen molar-refractivity contribution in [2.24, 2.45) is 0 Å². The fourth-order valence-corrected chi connectivity index (χ4v) is 3.60. The van der Waals surface area contributed by atoms with Crippen molar-refractivity contribution < 1.29 is 14.1 Å². The molecule has 8 heteroatoms. The number of para-hydroxylation sites is 4. The number of nitrogens with one attached hydrogen (secondary N) is 1. The molecule has 1 aliphatic rings. The summed E-state index contributed by atoms with van der Waals surface area (Å²) in [5, 5.41) is 13.7. The molecule has 0 bridgehead atoms. The van der Waals surface area contributed by atoms with Gasteiger partial charge in [0.2, 0.25) is 5.91 Å². The van der Waals surface area contributed by atoms with Crippen LogP contribution in [-0.2, 0) is 4.79 Å². The number of hydrogen-bond donors (Lipinski definition) is 1. The van der Waals surface area contributed by atoms with Crippen LogP contribution in [0.4, 0.5) is 11.4 Å². The van der Waals surface area contributed by atoms with Gasteiger partial charge >= 0.3 is 0 Å². The second-order valence-corrected chi connectivity index (χ2v) is 6.92. The topological polar surface area (TPSA) is 102 Å². The van der Waals surface area contributed by atoms with Gasteiger partial charge in [-0.1, -0.05) is 24.3 Å². The lowest BCUT2D eigenvalue weighted by Gasteiger charge is -2.30. The van der Waals surface area contributed by atoms with Crippen molar-refractivity contribution in [2.45, 2.75) is 18.8 Å². The number of fused-ring (bicyclic) bond motifs is 1. The number of amides is 1. The van der Waals surface area contributed by atoms with Gasteiger partial charge < -0.3 is 9.73 Å². The highest BCUT2D eigenvalue weighted by molar-refractivity contribution is 5.94. The number of carbonyl (C=O) groups excluding carboxylic acids is 1. The molecule has 1 amide bonds. The Kier molecular flexibility index (Phi) is 5.03. The molecule has 0 saturated carbocycles. The number of oxazole rings is 1. The first kappa shape index (κ1) is 18.1. The van der Waals surface area contributed by atoms with Gasteiger partial charge in [-0.3, -0.25) is 19.8 Å². The number of benzene rings is 2. The zero-order chi connectivity index (χ0) is 19.5. The van der Waals surface area contributed by atoms with Gasteiger partial charge in [-0.2, -0.15) is 0 Å². The summed E-state index contributed by atoms with van der Waals surface area (Å²) in [6, 6.07) is 13.8. The molecule has 1 N–H and O–H groups in total. The van der Waals surface area contributed by atoms with Crippen LogP contribution < -0.4 is 5.32 Å². The highest BCUT2D eigenvalue weighted by atomic mass is 16.6. The van der Waals surface area contributed by atoms with Crippen molar-refractivity contribution in [3.8, 4) is 0 Å². The summed E-state index contributed by atoms with van der Waals surface area (Å²) in [4.78, 5) is 29.6. The number of nitro groups is 1. The summed E-state index contributed by atoms with van der Waals surface area (Å²) in [5.41, 5.74) is 1.70. The molecule has 28 heavy (non-hydrogen) atoms. The van der Waals surface area contributed by atoms with E-state index in [4.69, 9.17) is 4.42 Å². The summed E-state index contributed by atoms with van der Waals surface area (Å²) < 4.78 is 5.89. The van der Waals surface area contributed by atoms with Gasteiger partial charge in [0.25, 0.3) is 5.69 Å². The number of piperidine rings is 1. The van der Waals surface area contributed by atoms with Crippen molar-refractivity contribution in [3.63, 3.8) is 0 Å². The average Bonchev–Trinajstić information content (AvgIpc) is 3.13. The molecule has 0 aliphatic carbocycles. The minimum absolute atomic E-state index is 0.112. The fraction of sp³-hybridized carbons (Fsp3) is 0.300. The summed E-state index contributed by atoms with van der Waals surface area (Å²) in [6.45, 7) is 1.63. The zero-order valence-electron chi connectivity index (χ0n) is 15.2. The second-order valence-electron chi connectivity index (χ2n) is 6.92. The predicted molar refractivity (Wildman–Crippen MR) is 104 cm³/mol. The Bertz CT molecular complexity index is 983. The number of aromatic nitrogens is 1. The van der Waals surface area contributed by atoms with Crippen LogP contribution in [0.2, 0.25) is 0 Å². The van der Waals surface area contributed by atoms with E-state index in [0.717, 1.165) is 30.5 Å². The third-order valence-corrected chi connectivity index (χ3v) is 4.91. The first-order chi connectivity index (χ1) is 13.6. The van der Waals surface area contributed by atoms with Gasteiger partial charge in [0.15, 0.2) is 11.5 Å². The molecular formula is C20H20N4O4. The van der Waals surface area contributed by atoms with Gasteiger partial charge in [0.05, 0.1) is 11.5 Å². The number of hydrogen-bond acceptors (Lipinski definition) is 6. The van der Waals surface area contributed by atoms with Crippen molar-refractivity contribution in [2.75, 3.05) is 25.0 Å². The molecule has 4 rings (SSSR count). The lowest BCUT2D eigenvalue weighted by Crippen LogP contribution is -2.39. The monoisotopic (exact) mass is 380 g/mol. The molecule has 8 nitrogen and oxygen atoms in total. The highest BCUT2D eigenvalue weighted by Gasteiger charge is 2.27. The van der Waals surface area contributed by atoms with E-state index in [1.807, 2.05) is 29.2 Å². The van der Waals surface area contributed by atoms with Crippen LogP contribution in [0.15, 0.2) is 52.9 Å². The van der Waals surface area contributed by atoms with Gasteiger partial charge in [0.1, 0.15) is 11.2 Å². The fourth-order valence-electron chi connectivity index (χ4n) is 3.60. The number of likely N-dealkylation sites (tertiary alicyclic amines) is 1. The average molecular weight is 380 g/mol. The van der Waals surface area contributed by atoms with Gasteiger partial charge in [0, 0.05) is 18.5 Å². The summed E-state index contributed by atoms with van der Waals surface area (Å²) in [5.74, 6) is 0.553. The van der Waals surface area contributed by atoms with Crippen molar-refractivity contribution in [3.05, 3.63) is 64.5 Å². The molecule has 1 atom stereocenters. The summed E-state index contributed by atoms with van der Waals surface area (Å²) in [6.07, 6.45) is 1.89. The van der Waals surface area contributed by atoms with Crippen molar-refractivity contribution >= 4 is 28.4 Å². The number of anilines is 1. The number of carbonyl (C=O) groups is 1. The van der Waals surface area contributed by atoms with Crippen molar-refractivity contribution in [1.29, 1.82) is 0 Å². The van der Waals surface area contributed by atoms with E-state index in [9.17, 15) is 14.9 Å². The highest BCUT2D eigenvalue weighted by Crippen LogP contribution is 2.29. The van der Waals surface area contributed by atoms with Crippen LogP contribution in [0.5, 0.6) is 0 Å². The van der Waals surface area contributed by atoms with Crippen LogP contribution in [0.3, 0.4) is 0 Å². The molecule has 0 spiro atoms. The van der Waals surface area contributed by atoms with Gasteiger partial charge in [-0.15, -0.1) is 0 Å². The van der Waals surface area contributed by atoms with Gasteiger partial charge in [-0.05, 0) is 37.6 Å². The van der Waals surface area contributed by atoms with Gasteiger partial charge in [-0.25, -0.2) is 4.98 Å². The normalized spacial score (nSPS) is 17.5. The predicted octanol–water partition coefficient (Wildman–Crippen LogP) is 3.55. The number of nitro benzene ring substituents is 1. The van der Waals surface area contributed by atoms with E-state index in [-0.39, 0.29) is 29.7 Å². The number of nitrogens with zero attached hydrogens (tertiary/aromatic N) is 3. The lowest BCUT2D eigenvalue weighted by molar-refractivity contribution is -0.383. The zero-order valence-corrected chi connectivity index (χ0v) is 15.2. The molecule has 2 aromatic carbocycles. The van der Waals surface area contributed by atoms with Crippen LogP contribution in [0.1, 0.15) is 24.7 Å². The Morgan fingerprint density at radius 3 is 2.86 bits per heavy atom. The van der Waals surface area contributed by atoms with E-state index in [1.54, 1.807) is 12.1 Å². The van der Waals surface area contributed by atoms with Crippen LogP contribution in [0.25, 0.3) is 11.1 Å². The van der Waals surface area contributed by atoms with E-state index < -0.39 is 4.92 Å². The summed E-state index contributed by atoms with van der Waals surface area (Å²) in [7, 11) is 0. The largest absolute Gasteiger partial charge is 0.440 e. The maximum atomic E-state index is 12.4. The molecule has 1 aromatic heterocycles. The Hall–Kier alpha value is -3.26. The van der Waals surface area contributed by atoms with E-state index in [0.29, 0.717) is 12.4 Å². The molecule has 1 unspecified atom stereocenters. The molecule has 3 aromatic rings. The van der Waals surface area contributed by atoms with Crippen molar-refractivity contribution in [1.82, 2.24) is 9.88 Å². The Balaban J connectivity index is 1.41. The Morgan fingerprint density at radius 2 is 2.04 bits per heavy atom. The molecular weight excluding hydrogens is 360 g/mol. The second kappa shape index (κ2) is 7.77. The smallest absolute Gasteiger partial charge is 0.292 e. The van der Waals surface area contributed by atoms with E-state index >= 15 is 0 Å². The summed E-state index contributed by atoms with van der Waals surface area (Å²) >= 11 is 0. The minimum Gasteiger partial charge on any atom is -0.440 e. The first-order valence-electron chi connectivity index (χ1n) is 9.21. The SMILES string of the molecule is O=C(CN1CCCC(c2nc3ccccc3o2)C1)Nc1ccccc1[N+](=O)[O-]. The lowest BCUT2D eigenvalue weighted by atomic mass is 9.98. The maximum Gasteiger partial charge on any atom is 0.292 e. The van der Waals surface area contributed by atoms with E-state index in [1.165, 1.54) is 12.1 Å². The third-order valence-electron chi connectivity index (χ3n) is 4.91. The molecule has 1 saturated heterocycles. The maximum absolute atomic E-state index is 12.4. The Morgan fingerprint density at radius 1 is 1.25 bits per heavy atom. The standard InChI is InChI=1S/C20H20N4O4/c25-19(21-15-7-1-3-9-17(15)24(26)27)13-23-11-5-6-14(12-23)20-22-16-8-2-4-10-18(16)28-20/h1-4,7-10,14H,5-6,11-13H2,(H,21,25). The minimum atomic E-state index is -0.500. The molecule has 1 fully saturated rings. The first-order valence-corrected chi connectivity index (χ1v) is 9.21. The molecule has 2 heterocycles. The third kappa shape index (κ3) is 3.86. The molecule has 1 aliphatic heterocycles. The van der Waals surface area contributed by atoms with Crippen LogP contribution in [-0.4, -0.2) is 40.3 Å². The number of rotatable bonds is 5. The van der Waals surface area contributed by atoms with Crippen LogP contribution in [0, 0.1) is 10.1 Å².